The van der Waals surface area contributed by atoms with Gasteiger partial charge in [-0.05, 0) is 25.7 Å². The molecule has 194 valence electrons. The minimum atomic E-state index is -0.349. The molecule has 2 aromatic heterocycles. The third kappa shape index (κ3) is 4.80. The van der Waals surface area contributed by atoms with Gasteiger partial charge in [-0.25, -0.2) is 0 Å². The van der Waals surface area contributed by atoms with Gasteiger partial charge in [0.2, 0.25) is 0 Å². The Hall–Kier alpha value is -4.72. The maximum Gasteiger partial charge on any atom is 0.197 e. The fourth-order valence-corrected chi connectivity index (χ4v) is 4.52. The molecule has 8 nitrogen and oxygen atoms in total. The Kier molecular flexibility index (Phi) is 6.55. The molecule has 0 radical (unpaired) electrons. The summed E-state index contributed by atoms with van der Waals surface area (Å²) in [6.45, 7) is 4.44. The summed E-state index contributed by atoms with van der Waals surface area (Å²) < 4.78 is 16.8. The number of fused-ring (bicyclic) bond motifs is 3. The molecule has 6 rings (SSSR count). The number of hydrogen-bond donors (Lipinski definition) is 3. The molecule has 1 aliphatic heterocycles. The van der Waals surface area contributed by atoms with Gasteiger partial charge in [0.25, 0.3) is 0 Å². The highest BCUT2D eigenvalue weighted by atomic mass is 16.5. The van der Waals surface area contributed by atoms with Crippen LogP contribution < -0.4 is 15.6 Å². The quantitative estimate of drug-likeness (QED) is 0.262. The fraction of sp³-hybridized carbons (Fsp3) is 0.200. The number of rotatable bonds is 1. The van der Waals surface area contributed by atoms with Gasteiger partial charge in [-0.3, -0.25) is 9.59 Å². The molecular formula is C30H26O8. The zero-order valence-electron chi connectivity index (χ0n) is 20.9. The molecule has 1 unspecified atom stereocenters. The van der Waals surface area contributed by atoms with Crippen LogP contribution in [-0.4, -0.2) is 21.9 Å². The first-order valence-corrected chi connectivity index (χ1v) is 12.2. The maximum atomic E-state index is 12.0. The smallest absolute Gasteiger partial charge is 0.197 e. The van der Waals surface area contributed by atoms with Crippen LogP contribution in [0.15, 0.2) is 79.1 Å². The van der Waals surface area contributed by atoms with Crippen LogP contribution in [0, 0.1) is 12.8 Å². The van der Waals surface area contributed by atoms with Gasteiger partial charge in [-0.2, -0.15) is 0 Å². The van der Waals surface area contributed by atoms with Crippen LogP contribution in [0.2, 0.25) is 0 Å². The summed E-state index contributed by atoms with van der Waals surface area (Å²) in [5.74, 6) is 1.54. The van der Waals surface area contributed by atoms with Crippen LogP contribution in [0.5, 0.6) is 23.0 Å². The summed E-state index contributed by atoms with van der Waals surface area (Å²) in [5.41, 5.74) is 1.45. The van der Waals surface area contributed by atoms with Crippen LogP contribution in [0.25, 0.3) is 33.3 Å². The standard InChI is InChI=1S/C15H16O4.C15H10O4/c1-8-3-4-10-12(18-7-8)6-13-14(15(10)17)11(16)5-9(2)19-13;16-10-6-11(17)15-12(18)8-13(19-14(15)7-10)9-4-2-1-3-5-9/h5-6,8,17H,3-4,7H2,1-2H3;1-8,16-17H. The van der Waals surface area contributed by atoms with Gasteiger partial charge in [-0.15, -0.1) is 0 Å². The molecule has 0 amide bonds. The number of ether oxygens (including phenoxy) is 1. The van der Waals surface area contributed by atoms with Gasteiger partial charge in [0, 0.05) is 41.5 Å². The summed E-state index contributed by atoms with van der Waals surface area (Å²) in [7, 11) is 0. The molecule has 0 aliphatic carbocycles. The fourth-order valence-electron chi connectivity index (χ4n) is 4.52. The molecule has 0 bridgehead atoms. The highest BCUT2D eigenvalue weighted by Gasteiger charge is 2.21. The van der Waals surface area contributed by atoms with Crippen molar-refractivity contribution in [2.45, 2.75) is 26.7 Å². The van der Waals surface area contributed by atoms with Gasteiger partial charge in [0.15, 0.2) is 10.9 Å². The van der Waals surface area contributed by atoms with Gasteiger partial charge in [-0.1, -0.05) is 37.3 Å². The van der Waals surface area contributed by atoms with E-state index in [4.69, 9.17) is 13.6 Å². The molecule has 1 atom stereocenters. The minimum absolute atomic E-state index is 0.00958. The van der Waals surface area contributed by atoms with Crippen molar-refractivity contribution >= 4 is 21.9 Å². The van der Waals surface area contributed by atoms with Crippen LogP contribution in [-0.2, 0) is 6.42 Å². The lowest BCUT2D eigenvalue weighted by atomic mass is 10.00. The van der Waals surface area contributed by atoms with Crippen molar-refractivity contribution in [3.63, 3.8) is 0 Å². The van der Waals surface area contributed by atoms with Crippen molar-refractivity contribution in [2.24, 2.45) is 5.92 Å². The monoisotopic (exact) mass is 514 g/mol. The first-order valence-electron chi connectivity index (χ1n) is 12.2. The number of aromatic hydroxyl groups is 3. The summed E-state index contributed by atoms with van der Waals surface area (Å²) in [5, 5.41) is 29.8. The predicted molar refractivity (Wildman–Crippen MR) is 143 cm³/mol. The second kappa shape index (κ2) is 9.97. The zero-order valence-corrected chi connectivity index (χ0v) is 20.9. The van der Waals surface area contributed by atoms with Crippen molar-refractivity contribution in [2.75, 3.05) is 6.61 Å². The molecule has 38 heavy (non-hydrogen) atoms. The van der Waals surface area contributed by atoms with E-state index in [1.165, 1.54) is 18.2 Å². The van der Waals surface area contributed by atoms with Crippen LogP contribution >= 0.6 is 0 Å². The Balaban J connectivity index is 0.000000155. The van der Waals surface area contributed by atoms with E-state index in [1.807, 2.05) is 30.3 Å². The minimum Gasteiger partial charge on any atom is -0.508 e. The molecule has 1 aliphatic rings. The van der Waals surface area contributed by atoms with E-state index in [2.05, 4.69) is 6.92 Å². The molecule has 5 aromatic rings. The van der Waals surface area contributed by atoms with E-state index >= 15 is 0 Å². The molecule has 8 heteroatoms. The molecule has 3 heterocycles. The van der Waals surface area contributed by atoms with Crippen LogP contribution in [0.1, 0.15) is 24.7 Å². The number of phenols is 3. The van der Waals surface area contributed by atoms with E-state index in [0.29, 0.717) is 47.4 Å². The Morgan fingerprint density at radius 3 is 2.32 bits per heavy atom. The first-order chi connectivity index (χ1) is 18.2. The normalized spacial score (nSPS) is 14.7. The Morgan fingerprint density at radius 2 is 1.55 bits per heavy atom. The van der Waals surface area contributed by atoms with Gasteiger partial charge in [0.05, 0.1) is 6.61 Å². The highest BCUT2D eigenvalue weighted by molar-refractivity contribution is 5.87. The summed E-state index contributed by atoms with van der Waals surface area (Å²) in [6.07, 6.45) is 1.65. The lowest BCUT2D eigenvalue weighted by molar-refractivity contribution is 0.265. The third-order valence-electron chi connectivity index (χ3n) is 6.44. The van der Waals surface area contributed by atoms with Crippen molar-refractivity contribution < 1.29 is 28.9 Å². The largest absolute Gasteiger partial charge is 0.508 e. The molecule has 0 saturated carbocycles. The third-order valence-corrected chi connectivity index (χ3v) is 6.44. The molecule has 0 saturated heterocycles. The van der Waals surface area contributed by atoms with Crippen molar-refractivity contribution in [1.82, 2.24) is 0 Å². The number of phenolic OH excluding ortho intramolecular Hbond substituents is 3. The van der Waals surface area contributed by atoms with Gasteiger partial charge >= 0.3 is 0 Å². The van der Waals surface area contributed by atoms with E-state index in [0.717, 1.165) is 18.1 Å². The Bertz CT molecular complexity index is 1770. The summed E-state index contributed by atoms with van der Waals surface area (Å²) >= 11 is 0. The summed E-state index contributed by atoms with van der Waals surface area (Å²) in [6, 6.07) is 16.0. The van der Waals surface area contributed by atoms with Gasteiger partial charge < -0.3 is 28.9 Å². The molecule has 0 spiro atoms. The van der Waals surface area contributed by atoms with E-state index in [1.54, 1.807) is 13.0 Å². The SMILES string of the molecule is Cc1cc(=O)c2c(O)c3c(cc2o1)OCC(C)CC3.O=c1cc(-c2ccccc2)oc2cc(O)cc(O)c12. The topological polar surface area (TPSA) is 130 Å². The van der Waals surface area contributed by atoms with Crippen LogP contribution in [0.3, 0.4) is 0 Å². The highest BCUT2D eigenvalue weighted by Crippen LogP contribution is 2.38. The van der Waals surface area contributed by atoms with Crippen molar-refractivity contribution in [3.05, 3.63) is 92.4 Å². The lowest BCUT2D eigenvalue weighted by Gasteiger charge is -2.11. The lowest BCUT2D eigenvalue weighted by Crippen LogP contribution is -2.05. The van der Waals surface area contributed by atoms with Gasteiger partial charge in [0.1, 0.15) is 56.5 Å². The number of aryl methyl sites for hydroxylation is 1. The zero-order chi connectivity index (χ0) is 27.0. The van der Waals surface area contributed by atoms with E-state index < -0.39 is 0 Å². The Labute approximate surface area is 217 Å². The van der Waals surface area contributed by atoms with Crippen molar-refractivity contribution in [3.8, 4) is 34.3 Å². The maximum absolute atomic E-state index is 12.0. The average molecular weight is 515 g/mol. The number of benzene rings is 3. The van der Waals surface area contributed by atoms with Crippen molar-refractivity contribution in [1.29, 1.82) is 0 Å². The van der Waals surface area contributed by atoms with E-state index in [9.17, 15) is 24.9 Å². The second-order valence-electron chi connectivity index (χ2n) is 9.43. The second-order valence-corrected chi connectivity index (χ2v) is 9.43. The average Bonchev–Trinajstić information content (AvgIpc) is 3.05. The molecular weight excluding hydrogens is 488 g/mol. The first kappa shape index (κ1) is 25.0. The molecule has 3 N–H and O–H groups in total. The number of hydrogen-bond acceptors (Lipinski definition) is 8. The van der Waals surface area contributed by atoms with E-state index in [-0.39, 0.29) is 44.5 Å². The predicted octanol–water partition coefficient (Wildman–Crippen LogP) is 5.64. The molecule has 0 fully saturated rings. The molecule has 3 aromatic carbocycles. The summed E-state index contributed by atoms with van der Waals surface area (Å²) in [4.78, 5) is 24.0. The Morgan fingerprint density at radius 1 is 0.842 bits per heavy atom. The van der Waals surface area contributed by atoms with Crippen LogP contribution in [0.4, 0.5) is 0 Å².